The first-order valence-electron chi connectivity index (χ1n) is 7.67. The Labute approximate surface area is 137 Å². The second kappa shape index (κ2) is 6.50. The molecule has 5 heteroatoms. The number of hydrogen-bond donors (Lipinski definition) is 2. The van der Waals surface area contributed by atoms with Crippen LogP contribution in [0.5, 0.6) is 0 Å². The lowest BCUT2D eigenvalue weighted by Crippen LogP contribution is -2.53. The monoisotopic (exact) mass is 322 g/mol. The van der Waals surface area contributed by atoms with Gasteiger partial charge in [-0.05, 0) is 42.7 Å². The van der Waals surface area contributed by atoms with Crippen molar-refractivity contribution in [1.82, 2.24) is 4.90 Å². The van der Waals surface area contributed by atoms with Gasteiger partial charge in [0.1, 0.15) is 0 Å². The quantitative estimate of drug-likeness (QED) is 0.814. The maximum atomic E-state index is 12.4. The van der Waals surface area contributed by atoms with Gasteiger partial charge in [-0.3, -0.25) is 0 Å². The van der Waals surface area contributed by atoms with Crippen LogP contribution in [0.2, 0.25) is 0 Å². The van der Waals surface area contributed by atoms with Crippen molar-refractivity contribution in [3.05, 3.63) is 24.3 Å². The summed E-state index contributed by atoms with van der Waals surface area (Å²) in [5, 5.41) is 13.6. The van der Waals surface area contributed by atoms with E-state index in [1.54, 1.807) is 16.7 Å². The molecule has 1 aromatic rings. The number of piperidine rings is 1. The second-order valence-electron chi connectivity index (χ2n) is 6.93. The molecule has 0 spiro atoms. The predicted molar refractivity (Wildman–Crippen MR) is 92.5 cm³/mol. The highest BCUT2D eigenvalue weighted by molar-refractivity contribution is 7.98. The number of nitrogens with one attached hydrogen (secondary N) is 1. The zero-order chi connectivity index (χ0) is 16.4. The molecule has 0 radical (unpaired) electrons. The number of likely N-dealkylation sites (tertiary alicyclic amines) is 1. The molecule has 0 unspecified atom stereocenters. The lowest BCUT2D eigenvalue weighted by molar-refractivity contribution is -0.0925. The van der Waals surface area contributed by atoms with Crippen LogP contribution < -0.4 is 5.32 Å². The summed E-state index contributed by atoms with van der Waals surface area (Å²) in [5.41, 5.74) is -0.0429. The Kier molecular flexibility index (Phi) is 5.07. The number of urea groups is 1. The van der Waals surface area contributed by atoms with E-state index in [4.69, 9.17) is 0 Å². The molecule has 2 rings (SSSR count). The van der Waals surface area contributed by atoms with Crippen LogP contribution in [-0.2, 0) is 0 Å². The normalized spacial score (nSPS) is 18.1. The van der Waals surface area contributed by atoms with Gasteiger partial charge >= 0.3 is 6.03 Å². The Morgan fingerprint density at radius 2 is 1.95 bits per heavy atom. The zero-order valence-electron chi connectivity index (χ0n) is 13.8. The second-order valence-corrected chi connectivity index (χ2v) is 7.81. The van der Waals surface area contributed by atoms with Crippen molar-refractivity contribution >= 4 is 23.5 Å². The fourth-order valence-corrected chi connectivity index (χ4v) is 3.19. The van der Waals surface area contributed by atoms with Crippen molar-refractivity contribution < 1.29 is 9.90 Å². The fraction of sp³-hybridized carbons (Fsp3) is 0.588. The van der Waals surface area contributed by atoms with E-state index in [-0.39, 0.29) is 11.4 Å². The molecule has 2 N–H and O–H groups in total. The van der Waals surface area contributed by atoms with E-state index >= 15 is 0 Å². The maximum absolute atomic E-state index is 12.4. The topological polar surface area (TPSA) is 52.6 Å². The number of carbonyl (C=O) groups is 1. The lowest BCUT2D eigenvalue weighted by atomic mass is 9.71. The van der Waals surface area contributed by atoms with E-state index in [0.717, 1.165) is 10.6 Å². The van der Waals surface area contributed by atoms with Gasteiger partial charge in [-0.1, -0.05) is 26.8 Å². The number of nitrogens with zero attached hydrogens (tertiary/aromatic N) is 1. The van der Waals surface area contributed by atoms with Crippen molar-refractivity contribution in [3.8, 4) is 0 Å². The highest BCUT2D eigenvalue weighted by Gasteiger charge is 2.43. The van der Waals surface area contributed by atoms with E-state index in [9.17, 15) is 9.90 Å². The number of carbonyl (C=O) groups excluding carboxylic acids is 1. The summed E-state index contributed by atoms with van der Waals surface area (Å²) in [7, 11) is 0. The molecule has 1 aromatic carbocycles. The molecule has 1 fully saturated rings. The van der Waals surface area contributed by atoms with Gasteiger partial charge in [0.25, 0.3) is 0 Å². The van der Waals surface area contributed by atoms with Crippen molar-refractivity contribution in [1.29, 1.82) is 0 Å². The third-order valence-corrected chi connectivity index (χ3v) is 5.32. The van der Waals surface area contributed by atoms with Crippen molar-refractivity contribution in [3.63, 3.8) is 0 Å². The predicted octanol–water partition coefficient (Wildman–Crippen LogP) is 3.81. The van der Waals surface area contributed by atoms with Gasteiger partial charge in [0.15, 0.2) is 0 Å². The Balaban J connectivity index is 1.95. The van der Waals surface area contributed by atoms with Crippen LogP contribution in [0.1, 0.15) is 33.6 Å². The summed E-state index contributed by atoms with van der Waals surface area (Å²) in [6, 6.07) is 7.74. The van der Waals surface area contributed by atoms with E-state index < -0.39 is 5.60 Å². The van der Waals surface area contributed by atoms with E-state index in [2.05, 4.69) is 26.1 Å². The smallest absolute Gasteiger partial charge is 0.321 e. The van der Waals surface area contributed by atoms with Crippen molar-refractivity contribution in [2.45, 2.75) is 44.1 Å². The summed E-state index contributed by atoms with van der Waals surface area (Å²) in [4.78, 5) is 15.3. The van der Waals surface area contributed by atoms with Crippen LogP contribution in [-0.4, -0.2) is 41.0 Å². The molecule has 0 saturated carbocycles. The molecule has 122 valence electrons. The standard InChI is InChI=1S/C17H26N2O2S/c1-16(2,3)17(21)8-10-19(11-9-17)15(20)18-13-6-5-7-14(12-13)22-4/h5-7,12,21H,8-11H2,1-4H3,(H,18,20). The van der Waals surface area contributed by atoms with Crippen LogP contribution in [0.3, 0.4) is 0 Å². The molecule has 1 saturated heterocycles. The van der Waals surface area contributed by atoms with Gasteiger partial charge in [0.2, 0.25) is 0 Å². The summed E-state index contributed by atoms with van der Waals surface area (Å²) >= 11 is 1.65. The number of anilines is 1. The average Bonchev–Trinajstić information content (AvgIpc) is 2.47. The minimum absolute atomic E-state index is 0.0887. The highest BCUT2D eigenvalue weighted by atomic mass is 32.2. The Hall–Kier alpha value is -1.20. The van der Waals surface area contributed by atoms with Crippen LogP contribution in [0, 0.1) is 5.41 Å². The lowest BCUT2D eigenvalue weighted by Gasteiger charge is -2.46. The van der Waals surface area contributed by atoms with Gasteiger partial charge in [0.05, 0.1) is 5.60 Å². The molecule has 1 heterocycles. The summed E-state index contributed by atoms with van der Waals surface area (Å²) in [5.74, 6) is 0. The summed E-state index contributed by atoms with van der Waals surface area (Å²) in [6.07, 6.45) is 3.25. The largest absolute Gasteiger partial charge is 0.389 e. The number of thioether (sulfide) groups is 1. The Morgan fingerprint density at radius 1 is 1.32 bits per heavy atom. The minimum atomic E-state index is -0.692. The maximum Gasteiger partial charge on any atom is 0.321 e. The number of rotatable bonds is 2. The van der Waals surface area contributed by atoms with Gasteiger partial charge in [-0.15, -0.1) is 11.8 Å². The van der Waals surface area contributed by atoms with Crippen LogP contribution >= 0.6 is 11.8 Å². The molecular formula is C17H26N2O2S. The molecule has 2 amide bonds. The molecule has 22 heavy (non-hydrogen) atoms. The minimum Gasteiger partial charge on any atom is -0.389 e. The van der Waals surface area contributed by atoms with Gasteiger partial charge in [0, 0.05) is 23.7 Å². The van der Waals surface area contributed by atoms with E-state index in [1.165, 1.54) is 0 Å². The third kappa shape index (κ3) is 3.76. The van der Waals surface area contributed by atoms with Crippen molar-refractivity contribution in [2.24, 2.45) is 5.41 Å². The van der Waals surface area contributed by atoms with Crippen molar-refractivity contribution in [2.75, 3.05) is 24.7 Å². The third-order valence-electron chi connectivity index (χ3n) is 4.59. The number of benzene rings is 1. The molecule has 4 nitrogen and oxygen atoms in total. The SMILES string of the molecule is CSc1cccc(NC(=O)N2CCC(O)(C(C)(C)C)CC2)c1. The van der Waals surface area contributed by atoms with Crippen LogP contribution in [0.15, 0.2) is 29.2 Å². The molecule has 1 aliphatic heterocycles. The first-order chi connectivity index (χ1) is 10.2. The van der Waals surface area contributed by atoms with Gasteiger partial charge in [-0.2, -0.15) is 0 Å². The molecule has 0 aromatic heterocycles. The first kappa shape index (κ1) is 17.2. The first-order valence-corrected chi connectivity index (χ1v) is 8.90. The number of amides is 2. The fourth-order valence-electron chi connectivity index (χ4n) is 2.73. The van der Waals surface area contributed by atoms with E-state index in [0.29, 0.717) is 25.9 Å². The van der Waals surface area contributed by atoms with Gasteiger partial charge < -0.3 is 15.3 Å². The Morgan fingerprint density at radius 3 is 2.50 bits per heavy atom. The molecule has 0 bridgehead atoms. The highest BCUT2D eigenvalue weighted by Crippen LogP contribution is 2.38. The van der Waals surface area contributed by atoms with Crippen LogP contribution in [0.4, 0.5) is 10.5 Å². The molecule has 0 atom stereocenters. The average molecular weight is 322 g/mol. The van der Waals surface area contributed by atoms with E-state index in [1.807, 2.05) is 30.5 Å². The summed E-state index contributed by atoms with van der Waals surface area (Å²) < 4.78 is 0. The number of aliphatic hydroxyl groups is 1. The van der Waals surface area contributed by atoms with Crippen LogP contribution in [0.25, 0.3) is 0 Å². The molecular weight excluding hydrogens is 296 g/mol. The summed E-state index contributed by atoms with van der Waals surface area (Å²) in [6.45, 7) is 7.33. The zero-order valence-corrected chi connectivity index (χ0v) is 14.7. The Bertz CT molecular complexity index is 532. The number of hydrogen-bond acceptors (Lipinski definition) is 3. The van der Waals surface area contributed by atoms with Gasteiger partial charge in [-0.25, -0.2) is 4.79 Å². The molecule has 1 aliphatic rings. The molecule has 0 aliphatic carbocycles.